The van der Waals surface area contributed by atoms with E-state index in [-0.39, 0.29) is 30.9 Å². The average Bonchev–Trinajstić information content (AvgIpc) is 3.48. The minimum Gasteiger partial charge on any atom is -0.493 e. The number of carbonyl (C=O) groups excluding carboxylic acids is 3. The van der Waals surface area contributed by atoms with Gasteiger partial charge in [0.2, 0.25) is 5.91 Å². The van der Waals surface area contributed by atoms with Crippen molar-refractivity contribution in [2.75, 3.05) is 32.3 Å². The second kappa shape index (κ2) is 10.5. The summed E-state index contributed by atoms with van der Waals surface area (Å²) in [4.78, 5) is 42.9. The zero-order chi connectivity index (χ0) is 25.1. The zero-order valence-corrected chi connectivity index (χ0v) is 20.7. The number of imide groups is 1. The lowest BCUT2D eigenvalue weighted by atomic mass is 10.0. The average molecular weight is 481 g/mol. The number of benzene rings is 2. The molecule has 2 aromatic carbocycles. The highest BCUT2D eigenvalue weighted by molar-refractivity contribution is 6.23. The maximum atomic E-state index is 13.7. The van der Waals surface area contributed by atoms with Crippen LogP contribution in [0.5, 0.6) is 11.5 Å². The van der Waals surface area contributed by atoms with Gasteiger partial charge in [0.15, 0.2) is 11.5 Å². The van der Waals surface area contributed by atoms with Gasteiger partial charge in [-0.2, -0.15) is 0 Å². The lowest BCUT2D eigenvalue weighted by Crippen LogP contribution is -2.48. The Morgan fingerprint density at radius 2 is 1.80 bits per heavy atom. The van der Waals surface area contributed by atoms with Gasteiger partial charge in [-0.1, -0.05) is 26.0 Å². The Balaban J connectivity index is 1.64. The number of anilines is 1. The summed E-state index contributed by atoms with van der Waals surface area (Å²) in [5, 5.41) is 0. The Hall–Kier alpha value is -3.39. The highest BCUT2D eigenvalue weighted by Crippen LogP contribution is 2.31. The van der Waals surface area contributed by atoms with Gasteiger partial charge in [-0.05, 0) is 54.7 Å². The van der Waals surface area contributed by atoms with Crippen molar-refractivity contribution >= 4 is 23.4 Å². The van der Waals surface area contributed by atoms with Gasteiger partial charge in [-0.25, -0.2) is 4.90 Å². The molecule has 0 bridgehead atoms. The van der Waals surface area contributed by atoms with Crippen molar-refractivity contribution in [2.45, 2.75) is 51.2 Å². The number of ether oxygens (including phenoxy) is 3. The van der Waals surface area contributed by atoms with Gasteiger partial charge >= 0.3 is 0 Å². The summed E-state index contributed by atoms with van der Waals surface area (Å²) < 4.78 is 16.4. The number of nitrogens with zero attached hydrogens (tertiary/aromatic N) is 2. The van der Waals surface area contributed by atoms with Gasteiger partial charge in [0.05, 0.1) is 32.4 Å². The first-order valence-electron chi connectivity index (χ1n) is 12.0. The molecule has 2 saturated heterocycles. The van der Waals surface area contributed by atoms with Crippen molar-refractivity contribution < 1.29 is 28.6 Å². The molecule has 8 nitrogen and oxygen atoms in total. The van der Waals surface area contributed by atoms with Crippen molar-refractivity contribution in [3.05, 3.63) is 53.6 Å². The molecule has 2 unspecified atom stereocenters. The Morgan fingerprint density at radius 3 is 2.40 bits per heavy atom. The molecule has 2 aliphatic rings. The quantitative estimate of drug-likeness (QED) is 0.535. The van der Waals surface area contributed by atoms with E-state index in [1.807, 2.05) is 12.1 Å². The minimum absolute atomic E-state index is 0.0729. The zero-order valence-electron chi connectivity index (χ0n) is 20.7. The van der Waals surface area contributed by atoms with Crippen molar-refractivity contribution in [1.82, 2.24) is 4.90 Å². The lowest BCUT2D eigenvalue weighted by Gasteiger charge is -2.30. The Kier molecular flexibility index (Phi) is 7.40. The summed E-state index contributed by atoms with van der Waals surface area (Å²) in [5.41, 5.74) is 1.98. The molecule has 0 radical (unpaired) electrons. The standard InChI is InChI=1S/C27H32N2O6/c1-17(2)18-7-10-20(11-8-18)29-25(30)15-22(27(29)32)28(16-21-6-5-13-35-21)26(31)19-9-12-23(33-3)24(14-19)34-4/h7-12,14,17,21-22H,5-6,13,15-16H2,1-4H3. The first-order chi connectivity index (χ1) is 16.8. The molecule has 2 aliphatic heterocycles. The van der Waals surface area contributed by atoms with Crippen LogP contribution in [-0.2, 0) is 14.3 Å². The smallest absolute Gasteiger partial charge is 0.257 e. The third-order valence-electron chi connectivity index (χ3n) is 6.63. The molecule has 4 rings (SSSR count). The summed E-state index contributed by atoms with van der Waals surface area (Å²) in [6.45, 7) is 5.02. The molecule has 186 valence electrons. The predicted molar refractivity (Wildman–Crippen MR) is 131 cm³/mol. The molecule has 0 N–H and O–H groups in total. The Labute approximate surface area is 205 Å². The minimum atomic E-state index is -0.905. The van der Waals surface area contributed by atoms with Crippen molar-refractivity contribution in [3.8, 4) is 11.5 Å². The van der Waals surface area contributed by atoms with Crippen molar-refractivity contribution in [1.29, 1.82) is 0 Å². The van der Waals surface area contributed by atoms with Crippen LogP contribution < -0.4 is 14.4 Å². The molecule has 0 aliphatic carbocycles. The largest absolute Gasteiger partial charge is 0.493 e. The van der Waals surface area contributed by atoms with Crippen LogP contribution in [0.2, 0.25) is 0 Å². The summed E-state index contributed by atoms with van der Waals surface area (Å²) in [6.07, 6.45) is 1.44. The van der Waals surface area contributed by atoms with Crippen LogP contribution in [0.25, 0.3) is 0 Å². The molecule has 0 spiro atoms. The summed E-state index contributed by atoms with van der Waals surface area (Å²) in [5.74, 6) is 0.162. The lowest BCUT2D eigenvalue weighted by molar-refractivity contribution is -0.122. The van der Waals surface area contributed by atoms with E-state index in [1.54, 1.807) is 30.3 Å². The molecule has 2 atom stereocenters. The van der Waals surface area contributed by atoms with Gasteiger partial charge in [-0.15, -0.1) is 0 Å². The first-order valence-corrected chi connectivity index (χ1v) is 12.0. The molecule has 8 heteroatoms. The van der Waals surface area contributed by atoms with E-state index in [0.29, 0.717) is 35.3 Å². The van der Waals surface area contributed by atoms with Crippen molar-refractivity contribution in [3.63, 3.8) is 0 Å². The Bertz CT molecular complexity index is 1090. The van der Waals surface area contributed by atoms with E-state index in [4.69, 9.17) is 14.2 Å². The number of hydrogen-bond acceptors (Lipinski definition) is 6. The molecule has 35 heavy (non-hydrogen) atoms. The van der Waals surface area contributed by atoms with E-state index in [2.05, 4.69) is 13.8 Å². The van der Waals surface area contributed by atoms with Crippen LogP contribution in [0.1, 0.15) is 54.9 Å². The molecular weight excluding hydrogens is 448 g/mol. The molecule has 0 saturated carbocycles. The topological polar surface area (TPSA) is 85.4 Å². The molecule has 2 fully saturated rings. The number of methoxy groups -OCH3 is 2. The SMILES string of the molecule is COc1ccc(C(=O)N(CC2CCCO2)C2CC(=O)N(c3ccc(C(C)C)cc3)C2=O)cc1OC. The summed E-state index contributed by atoms with van der Waals surface area (Å²) in [7, 11) is 3.02. The molecule has 0 aromatic heterocycles. The van der Waals surface area contributed by atoms with E-state index in [0.717, 1.165) is 18.4 Å². The fourth-order valence-corrected chi connectivity index (χ4v) is 4.63. The first kappa shape index (κ1) is 24.7. The van der Waals surface area contributed by atoms with Crippen LogP contribution in [-0.4, -0.2) is 62.1 Å². The molecule has 3 amide bonds. The Morgan fingerprint density at radius 1 is 1.09 bits per heavy atom. The highest BCUT2D eigenvalue weighted by atomic mass is 16.5. The van der Waals surface area contributed by atoms with Gasteiger partial charge in [0, 0.05) is 18.7 Å². The summed E-state index contributed by atoms with van der Waals surface area (Å²) >= 11 is 0. The second-order valence-electron chi connectivity index (χ2n) is 9.20. The molecule has 2 heterocycles. The monoisotopic (exact) mass is 480 g/mol. The summed E-state index contributed by atoms with van der Waals surface area (Å²) in [6, 6.07) is 11.4. The van der Waals surface area contributed by atoms with E-state index in [1.165, 1.54) is 24.0 Å². The van der Waals surface area contributed by atoms with E-state index in [9.17, 15) is 14.4 Å². The predicted octanol–water partition coefficient (Wildman–Crippen LogP) is 3.78. The van der Waals surface area contributed by atoms with Gasteiger partial charge in [0.25, 0.3) is 11.8 Å². The number of rotatable bonds is 8. The highest BCUT2D eigenvalue weighted by Gasteiger charge is 2.45. The van der Waals surface area contributed by atoms with Gasteiger partial charge in [0.1, 0.15) is 6.04 Å². The molecular formula is C27H32N2O6. The third-order valence-corrected chi connectivity index (χ3v) is 6.63. The molecule has 2 aromatic rings. The van der Waals surface area contributed by atoms with Crippen molar-refractivity contribution in [2.24, 2.45) is 0 Å². The van der Waals surface area contributed by atoms with Crippen LogP contribution in [0.15, 0.2) is 42.5 Å². The second-order valence-corrected chi connectivity index (χ2v) is 9.20. The third kappa shape index (κ3) is 5.03. The van der Waals surface area contributed by atoms with E-state index >= 15 is 0 Å². The van der Waals surface area contributed by atoms with Crippen LogP contribution in [0.3, 0.4) is 0 Å². The maximum absolute atomic E-state index is 13.7. The number of hydrogen-bond donors (Lipinski definition) is 0. The normalized spacial score (nSPS) is 20.0. The maximum Gasteiger partial charge on any atom is 0.257 e. The van der Waals surface area contributed by atoms with Gasteiger partial charge < -0.3 is 19.1 Å². The van der Waals surface area contributed by atoms with Gasteiger partial charge in [-0.3, -0.25) is 14.4 Å². The van der Waals surface area contributed by atoms with Crippen LogP contribution in [0, 0.1) is 0 Å². The van der Waals surface area contributed by atoms with Crippen LogP contribution in [0.4, 0.5) is 5.69 Å². The number of amides is 3. The van der Waals surface area contributed by atoms with Crippen LogP contribution >= 0.6 is 0 Å². The fraction of sp³-hybridized carbons (Fsp3) is 0.444. The van der Waals surface area contributed by atoms with E-state index < -0.39 is 11.9 Å². The number of carbonyl (C=O) groups is 3. The fourth-order valence-electron chi connectivity index (χ4n) is 4.63.